The number of hydrogen-bond donors (Lipinski definition) is 2. The van der Waals surface area contributed by atoms with Crippen molar-refractivity contribution in [3.63, 3.8) is 0 Å². The first-order chi connectivity index (χ1) is 9.60. The lowest BCUT2D eigenvalue weighted by Crippen LogP contribution is -2.42. The van der Waals surface area contributed by atoms with Crippen LogP contribution in [0.5, 0.6) is 0 Å². The average Bonchev–Trinajstić information content (AvgIpc) is 2.50. The van der Waals surface area contributed by atoms with E-state index >= 15 is 0 Å². The van der Waals surface area contributed by atoms with Gasteiger partial charge in [0.1, 0.15) is 18.8 Å². The summed E-state index contributed by atoms with van der Waals surface area (Å²) in [6.45, 7) is 3.18. The fraction of sp³-hybridized carbons (Fsp3) is 0.267. The standard InChI is InChI=1S/C15H16O5/c1-3-12(16)14(17)13(10-19-4-2)20-15(18)11-8-6-5-7-9-11/h1,4-9,12-14,16-17H,2,10H2. The zero-order valence-electron chi connectivity index (χ0n) is 10.8. The van der Waals surface area contributed by atoms with E-state index in [0.717, 1.165) is 6.26 Å². The molecule has 20 heavy (non-hydrogen) atoms. The van der Waals surface area contributed by atoms with E-state index in [2.05, 4.69) is 6.58 Å². The Morgan fingerprint density at radius 2 is 2.05 bits per heavy atom. The molecule has 2 N–H and O–H groups in total. The van der Waals surface area contributed by atoms with Gasteiger partial charge in [0.2, 0.25) is 0 Å². The molecule has 0 saturated heterocycles. The second kappa shape index (κ2) is 8.00. The number of rotatable bonds is 7. The summed E-state index contributed by atoms with van der Waals surface area (Å²) in [5, 5.41) is 19.2. The minimum Gasteiger partial charge on any atom is -0.498 e. The molecule has 0 heterocycles. The maximum absolute atomic E-state index is 11.9. The number of aliphatic hydroxyl groups is 2. The van der Waals surface area contributed by atoms with Crippen LogP contribution in [-0.2, 0) is 9.47 Å². The van der Waals surface area contributed by atoms with Gasteiger partial charge < -0.3 is 19.7 Å². The molecule has 1 rings (SSSR count). The molecular weight excluding hydrogens is 260 g/mol. The predicted octanol–water partition coefficient (Wildman–Crippen LogP) is 0.727. The monoisotopic (exact) mass is 276 g/mol. The van der Waals surface area contributed by atoms with Crippen molar-refractivity contribution in [3.8, 4) is 12.3 Å². The number of carbonyl (C=O) groups is 1. The first kappa shape index (κ1) is 15.8. The van der Waals surface area contributed by atoms with Crippen molar-refractivity contribution in [2.24, 2.45) is 0 Å². The van der Waals surface area contributed by atoms with Gasteiger partial charge in [0.25, 0.3) is 0 Å². The van der Waals surface area contributed by atoms with Gasteiger partial charge in [-0.1, -0.05) is 30.7 Å². The van der Waals surface area contributed by atoms with Gasteiger partial charge in [-0.2, -0.15) is 0 Å². The molecule has 3 atom stereocenters. The van der Waals surface area contributed by atoms with Crippen molar-refractivity contribution in [1.82, 2.24) is 0 Å². The van der Waals surface area contributed by atoms with Gasteiger partial charge in [0.05, 0.1) is 11.8 Å². The average molecular weight is 276 g/mol. The lowest BCUT2D eigenvalue weighted by atomic mass is 10.1. The van der Waals surface area contributed by atoms with E-state index in [9.17, 15) is 15.0 Å². The van der Waals surface area contributed by atoms with Crippen molar-refractivity contribution in [3.05, 3.63) is 48.7 Å². The van der Waals surface area contributed by atoms with Crippen LogP contribution in [0.2, 0.25) is 0 Å². The number of esters is 1. The molecule has 0 aromatic heterocycles. The van der Waals surface area contributed by atoms with Crippen molar-refractivity contribution < 1.29 is 24.5 Å². The molecule has 5 heteroatoms. The van der Waals surface area contributed by atoms with Gasteiger partial charge in [-0.15, -0.1) is 6.42 Å². The molecule has 0 aliphatic heterocycles. The first-order valence-corrected chi connectivity index (χ1v) is 5.91. The maximum atomic E-state index is 11.9. The van der Waals surface area contributed by atoms with Crippen molar-refractivity contribution in [2.45, 2.75) is 18.3 Å². The molecule has 0 spiro atoms. The quantitative estimate of drug-likeness (QED) is 0.436. The topological polar surface area (TPSA) is 76.0 Å². The molecule has 0 amide bonds. The highest BCUT2D eigenvalue weighted by molar-refractivity contribution is 5.89. The third kappa shape index (κ3) is 4.43. The Morgan fingerprint density at radius 1 is 1.40 bits per heavy atom. The third-order valence-corrected chi connectivity index (χ3v) is 2.52. The Labute approximate surface area is 117 Å². The summed E-state index contributed by atoms with van der Waals surface area (Å²) in [4.78, 5) is 11.9. The summed E-state index contributed by atoms with van der Waals surface area (Å²) >= 11 is 0. The minimum absolute atomic E-state index is 0.165. The molecule has 0 aliphatic rings. The van der Waals surface area contributed by atoms with Gasteiger partial charge in [-0.05, 0) is 12.1 Å². The number of carbonyl (C=O) groups excluding carboxylic acids is 1. The van der Waals surface area contributed by atoms with Crippen LogP contribution >= 0.6 is 0 Å². The Kier molecular flexibility index (Phi) is 6.30. The van der Waals surface area contributed by atoms with Gasteiger partial charge in [-0.3, -0.25) is 0 Å². The normalized spacial score (nSPS) is 14.4. The number of hydrogen-bond acceptors (Lipinski definition) is 5. The second-order valence-corrected chi connectivity index (χ2v) is 3.91. The Morgan fingerprint density at radius 3 is 2.60 bits per heavy atom. The molecule has 1 aromatic rings. The minimum atomic E-state index is -1.46. The predicted molar refractivity (Wildman–Crippen MR) is 72.6 cm³/mol. The van der Waals surface area contributed by atoms with E-state index in [4.69, 9.17) is 15.9 Å². The molecule has 0 radical (unpaired) electrons. The summed E-state index contributed by atoms with van der Waals surface area (Å²) < 4.78 is 10.0. The van der Waals surface area contributed by atoms with Crippen molar-refractivity contribution >= 4 is 5.97 Å². The summed E-state index contributed by atoms with van der Waals surface area (Å²) in [5.41, 5.74) is 0.318. The van der Waals surface area contributed by atoms with Gasteiger partial charge in [0, 0.05) is 0 Å². The van der Waals surface area contributed by atoms with Crippen LogP contribution < -0.4 is 0 Å². The lowest BCUT2D eigenvalue weighted by Gasteiger charge is -2.24. The van der Waals surface area contributed by atoms with Crippen LogP contribution in [0, 0.1) is 12.3 Å². The smallest absolute Gasteiger partial charge is 0.338 e. The zero-order valence-corrected chi connectivity index (χ0v) is 10.8. The first-order valence-electron chi connectivity index (χ1n) is 5.91. The molecular formula is C15H16O5. The van der Waals surface area contributed by atoms with Crippen molar-refractivity contribution in [2.75, 3.05) is 6.61 Å². The number of benzene rings is 1. The second-order valence-electron chi connectivity index (χ2n) is 3.91. The summed E-state index contributed by atoms with van der Waals surface area (Å²) in [7, 11) is 0. The number of terminal acetylenes is 1. The highest BCUT2D eigenvalue weighted by atomic mass is 16.6. The van der Waals surface area contributed by atoms with Crippen LogP contribution in [0.15, 0.2) is 43.2 Å². The summed E-state index contributed by atoms with van der Waals surface area (Å²) in [6.07, 6.45) is 2.14. The highest BCUT2D eigenvalue weighted by Gasteiger charge is 2.29. The molecule has 0 fully saturated rings. The molecule has 0 bridgehead atoms. The van der Waals surface area contributed by atoms with Crippen LogP contribution in [0.1, 0.15) is 10.4 Å². The van der Waals surface area contributed by atoms with E-state index in [-0.39, 0.29) is 6.61 Å². The van der Waals surface area contributed by atoms with E-state index in [0.29, 0.717) is 5.56 Å². The van der Waals surface area contributed by atoms with Gasteiger partial charge in [0.15, 0.2) is 6.10 Å². The Hall–Kier alpha value is -2.29. The Balaban J connectivity index is 2.76. The van der Waals surface area contributed by atoms with Gasteiger partial charge >= 0.3 is 5.97 Å². The molecule has 3 unspecified atom stereocenters. The van der Waals surface area contributed by atoms with Crippen LogP contribution in [0.3, 0.4) is 0 Å². The lowest BCUT2D eigenvalue weighted by molar-refractivity contribution is -0.0728. The fourth-order valence-corrected chi connectivity index (χ4v) is 1.45. The van der Waals surface area contributed by atoms with Crippen molar-refractivity contribution in [1.29, 1.82) is 0 Å². The van der Waals surface area contributed by atoms with Crippen LogP contribution in [0.4, 0.5) is 0 Å². The molecule has 0 aliphatic carbocycles. The molecule has 0 saturated carbocycles. The molecule has 5 nitrogen and oxygen atoms in total. The molecule has 1 aromatic carbocycles. The third-order valence-electron chi connectivity index (χ3n) is 2.52. The van der Waals surface area contributed by atoms with E-state index in [1.807, 2.05) is 5.92 Å². The summed E-state index contributed by atoms with van der Waals surface area (Å²) in [6, 6.07) is 8.25. The largest absolute Gasteiger partial charge is 0.498 e. The van der Waals surface area contributed by atoms with Crippen LogP contribution in [0.25, 0.3) is 0 Å². The van der Waals surface area contributed by atoms with Crippen LogP contribution in [-0.4, -0.2) is 41.1 Å². The number of aliphatic hydroxyl groups excluding tert-OH is 2. The molecule has 106 valence electrons. The SMILES string of the molecule is C#CC(O)C(O)C(COC=C)OC(=O)c1ccccc1. The van der Waals surface area contributed by atoms with E-state index in [1.54, 1.807) is 30.3 Å². The van der Waals surface area contributed by atoms with E-state index < -0.39 is 24.3 Å². The number of ether oxygens (including phenoxy) is 2. The fourth-order valence-electron chi connectivity index (χ4n) is 1.45. The van der Waals surface area contributed by atoms with E-state index in [1.165, 1.54) is 0 Å². The maximum Gasteiger partial charge on any atom is 0.338 e. The summed E-state index contributed by atoms with van der Waals surface area (Å²) in [5.74, 6) is 1.32. The van der Waals surface area contributed by atoms with Gasteiger partial charge in [-0.25, -0.2) is 4.79 Å². The zero-order chi connectivity index (χ0) is 15.0. The Bertz CT molecular complexity index is 477. The highest BCUT2D eigenvalue weighted by Crippen LogP contribution is 2.10.